The van der Waals surface area contributed by atoms with Crippen LogP contribution in [0.2, 0.25) is 0 Å². The summed E-state index contributed by atoms with van der Waals surface area (Å²) in [5, 5.41) is 24.7. The lowest BCUT2D eigenvalue weighted by Crippen LogP contribution is -2.05. The van der Waals surface area contributed by atoms with Crippen LogP contribution in [0.15, 0.2) is 5.03 Å². The van der Waals surface area contributed by atoms with Crippen molar-refractivity contribution in [2.24, 2.45) is 7.05 Å². The number of hydrogen-bond donors (Lipinski definition) is 1. The molecule has 0 aliphatic heterocycles. The predicted molar refractivity (Wildman–Crippen MR) is 66.4 cm³/mol. The molecule has 1 aromatic heterocycles. The van der Waals surface area contributed by atoms with Gasteiger partial charge in [0.2, 0.25) is 0 Å². The lowest BCUT2D eigenvalue weighted by atomic mass is 10.1. The normalized spacial score (nSPS) is 13.1. The minimum atomic E-state index is -0.394. The number of aryl methyl sites for hydroxylation is 1. The van der Waals surface area contributed by atoms with Crippen LogP contribution in [0.1, 0.15) is 32.4 Å². The van der Waals surface area contributed by atoms with E-state index >= 15 is 0 Å². The summed E-state index contributed by atoms with van der Waals surface area (Å²) in [4.78, 5) is 10.7. The Morgan fingerprint density at radius 3 is 2.53 bits per heavy atom. The third kappa shape index (κ3) is 2.98. The molecule has 6 nitrogen and oxygen atoms in total. The summed E-state index contributed by atoms with van der Waals surface area (Å²) >= 11 is 1.27. The Labute approximate surface area is 104 Å². The zero-order valence-electron chi connectivity index (χ0n) is 10.4. The highest BCUT2D eigenvalue weighted by molar-refractivity contribution is 8.00. The van der Waals surface area contributed by atoms with Crippen molar-refractivity contribution < 1.29 is 10.0 Å². The van der Waals surface area contributed by atoms with Gasteiger partial charge in [-0.05, 0) is 0 Å². The first-order valence-corrected chi connectivity index (χ1v) is 6.25. The van der Waals surface area contributed by atoms with Crippen LogP contribution in [0, 0.1) is 10.1 Å². The van der Waals surface area contributed by atoms with Crippen molar-refractivity contribution >= 4 is 17.4 Å². The molecule has 0 amide bonds. The largest absolute Gasteiger partial charge is 0.395 e. The second-order valence-electron chi connectivity index (χ2n) is 4.19. The smallest absolute Gasteiger partial charge is 0.324 e. The molecule has 0 saturated heterocycles. The Kier molecular flexibility index (Phi) is 4.53. The third-order valence-corrected chi connectivity index (χ3v) is 3.53. The van der Waals surface area contributed by atoms with Crippen molar-refractivity contribution in [3.05, 3.63) is 15.8 Å². The minimum absolute atomic E-state index is 0.000354. The number of aliphatic hydroxyl groups excluding tert-OH is 1. The molecule has 0 aliphatic carbocycles. The summed E-state index contributed by atoms with van der Waals surface area (Å²) in [5.74, 6) is 0.000354. The first-order chi connectivity index (χ1) is 7.88. The molecule has 0 aromatic carbocycles. The van der Waals surface area contributed by atoms with Gasteiger partial charge >= 0.3 is 5.69 Å². The molecule has 1 atom stereocenters. The van der Waals surface area contributed by atoms with Gasteiger partial charge in [-0.25, -0.2) is 0 Å². The van der Waals surface area contributed by atoms with Crippen LogP contribution in [-0.2, 0) is 7.05 Å². The van der Waals surface area contributed by atoms with E-state index in [1.807, 2.05) is 20.8 Å². The highest BCUT2D eigenvalue weighted by atomic mass is 32.2. The molecule has 1 N–H and O–H groups in total. The quantitative estimate of drug-likeness (QED) is 0.496. The zero-order chi connectivity index (χ0) is 13.2. The fourth-order valence-corrected chi connectivity index (χ4v) is 2.38. The van der Waals surface area contributed by atoms with Crippen LogP contribution in [0.4, 0.5) is 5.69 Å². The summed E-state index contributed by atoms with van der Waals surface area (Å²) in [6.07, 6.45) is 0. The van der Waals surface area contributed by atoms with Crippen LogP contribution in [-0.4, -0.2) is 31.7 Å². The molecule has 96 valence electrons. The summed E-state index contributed by atoms with van der Waals surface area (Å²) in [5.41, 5.74) is 0.554. The zero-order valence-corrected chi connectivity index (χ0v) is 11.2. The second kappa shape index (κ2) is 5.50. The SMILES string of the molecule is CC(CO)Sc1c([N+](=O)[O-])c(C(C)C)nn1C. The molecule has 17 heavy (non-hydrogen) atoms. The Morgan fingerprint density at radius 2 is 2.12 bits per heavy atom. The van der Waals surface area contributed by atoms with Crippen molar-refractivity contribution in [2.45, 2.75) is 37.0 Å². The summed E-state index contributed by atoms with van der Waals surface area (Å²) in [6, 6.07) is 0. The Balaban J connectivity index is 3.23. The van der Waals surface area contributed by atoms with Crippen LogP contribution < -0.4 is 0 Å². The van der Waals surface area contributed by atoms with Gasteiger partial charge < -0.3 is 5.11 Å². The molecular weight excluding hydrogens is 242 g/mol. The maximum Gasteiger partial charge on any atom is 0.324 e. The number of nitro groups is 1. The fraction of sp³-hybridized carbons (Fsp3) is 0.700. The predicted octanol–water partition coefficient (Wildman–Crippen LogP) is 1.92. The molecule has 0 saturated carbocycles. The maximum absolute atomic E-state index is 11.1. The average Bonchev–Trinajstić information content (AvgIpc) is 2.56. The van der Waals surface area contributed by atoms with Gasteiger partial charge in [0.15, 0.2) is 5.03 Å². The van der Waals surface area contributed by atoms with Crippen molar-refractivity contribution in [3.8, 4) is 0 Å². The van der Waals surface area contributed by atoms with Crippen molar-refractivity contribution in [1.82, 2.24) is 9.78 Å². The number of rotatable bonds is 5. The van der Waals surface area contributed by atoms with Crippen molar-refractivity contribution in [1.29, 1.82) is 0 Å². The number of aliphatic hydroxyl groups is 1. The van der Waals surface area contributed by atoms with E-state index in [9.17, 15) is 10.1 Å². The standard InChI is InChI=1S/C10H17N3O3S/c1-6(2)8-9(13(15)16)10(12(4)11-8)17-7(3)5-14/h6-7,14H,5H2,1-4H3. The Bertz CT molecular complexity index is 417. The Morgan fingerprint density at radius 1 is 1.53 bits per heavy atom. The van der Waals surface area contributed by atoms with Crippen LogP contribution in [0.5, 0.6) is 0 Å². The van der Waals surface area contributed by atoms with Gasteiger partial charge in [0.05, 0.1) is 11.5 Å². The van der Waals surface area contributed by atoms with E-state index in [1.54, 1.807) is 7.05 Å². The van der Waals surface area contributed by atoms with E-state index in [1.165, 1.54) is 16.4 Å². The third-order valence-electron chi connectivity index (χ3n) is 2.30. The molecule has 1 unspecified atom stereocenters. The van der Waals surface area contributed by atoms with Gasteiger partial charge in [-0.2, -0.15) is 5.10 Å². The molecule has 0 aliphatic rings. The molecule has 7 heteroatoms. The first-order valence-electron chi connectivity index (χ1n) is 5.37. The topological polar surface area (TPSA) is 81.2 Å². The van der Waals surface area contributed by atoms with E-state index < -0.39 is 4.92 Å². The van der Waals surface area contributed by atoms with Crippen LogP contribution >= 0.6 is 11.8 Å². The summed E-state index contributed by atoms with van der Waals surface area (Å²) in [7, 11) is 1.69. The van der Waals surface area contributed by atoms with Gasteiger partial charge in [0, 0.05) is 18.2 Å². The van der Waals surface area contributed by atoms with Crippen molar-refractivity contribution in [2.75, 3.05) is 6.61 Å². The average molecular weight is 259 g/mol. The number of thioether (sulfide) groups is 1. The molecular formula is C10H17N3O3S. The molecule has 0 fully saturated rings. The molecule has 1 rings (SSSR count). The van der Waals surface area contributed by atoms with Gasteiger partial charge in [0.25, 0.3) is 0 Å². The van der Waals surface area contributed by atoms with E-state index in [0.29, 0.717) is 10.7 Å². The van der Waals surface area contributed by atoms with Crippen LogP contribution in [0.25, 0.3) is 0 Å². The number of nitrogens with zero attached hydrogens (tertiary/aromatic N) is 3. The lowest BCUT2D eigenvalue weighted by Gasteiger charge is -2.06. The molecule has 0 radical (unpaired) electrons. The monoisotopic (exact) mass is 259 g/mol. The molecule has 1 aromatic rings. The van der Waals surface area contributed by atoms with Crippen LogP contribution in [0.3, 0.4) is 0 Å². The number of aromatic nitrogens is 2. The fourth-order valence-electron chi connectivity index (χ4n) is 1.44. The van der Waals surface area contributed by atoms with Gasteiger partial charge in [-0.1, -0.05) is 32.5 Å². The number of hydrogen-bond acceptors (Lipinski definition) is 5. The van der Waals surface area contributed by atoms with E-state index in [0.717, 1.165) is 0 Å². The summed E-state index contributed by atoms with van der Waals surface area (Å²) < 4.78 is 1.52. The Hall–Kier alpha value is -1.08. The van der Waals surface area contributed by atoms with E-state index in [4.69, 9.17) is 5.11 Å². The van der Waals surface area contributed by atoms with Gasteiger partial charge in [0.1, 0.15) is 5.69 Å². The lowest BCUT2D eigenvalue weighted by molar-refractivity contribution is -0.388. The van der Waals surface area contributed by atoms with Crippen molar-refractivity contribution in [3.63, 3.8) is 0 Å². The highest BCUT2D eigenvalue weighted by Crippen LogP contribution is 2.37. The van der Waals surface area contributed by atoms with Gasteiger partial charge in [-0.3, -0.25) is 14.8 Å². The summed E-state index contributed by atoms with van der Waals surface area (Å²) in [6.45, 7) is 5.54. The maximum atomic E-state index is 11.1. The van der Waals surface area contributed by atoms with Gasteiger partial charge in [-0.15, -0.1) is 0 Å². The molecule has 0 bridgehead atoms. The minimum Gasteiger partial charge on any atom is -0.395 e. The highest BCUT2D eigenvalue weighted by Gasteiger charge is 2.29. The first kappa shape index (κ1) is 14.0. The second-order valence-corrected chi connectivity index (χ2v) is 5.61. The van der Waals surface area contributed by atoms with E-state index in [2.05, 4.69) is 5.10 Å². The van der Waals surface area contributed by atoms with E-state index in [-0.39, 0.29) is 23.5 Å². The molecule has 0 spiro atoms. The molecule has 1 heterocycles.